The SMILES string of the molecule is Cc1nc(-c2ccccc2)ncc1C(=O)Nc1cccc2cccnc12. The molecule has 2 heterocycles. The van der Waals surface area contributed by atoms with E-state index < -0.39 is 0 Å². The second-order valence-electron chi connectivity index (χ2n) is 5.89. The lowest BCUT2D eigenvalue weighted by molar-refractivity contribution is 0.102. The van der Waals surface area contributed by atoms with Gasteiger partial charge in [0.05, 0.1) is 22.5 Å². The van der Waals surface area contributed by atoms with Gasteiger partial charge in [-0.3, -0.25) is 9.78 Å². The number of anilines is 1. The molecule has 1 amide bonds. The van der Waals surface area contributed by atoms with E-state index in [-0.39, 0.29) is 5.91 Å². The van der Waals surface area contributed by atoms with Crippen LogP contribution in [0.1, 0.15) is 16.1 Å². The van der Waals surface area contributed by atoms with Gasteiger partial charge in [-0.1, -0.05) is 48.5 Å². The van der Waals surface area contributed by atoms with Crippen molar-refractivity contribution < 1.29 is 4.79 Å². The quantitative estimate of drug-likeness (QED) is 0.605. The number of benzene rings is 2. The molecule has 4 aromatic rings. The second-order valence-corrected chi connectivity index (χ2v) is 5.89. The predicted octanol–water partition coefficient (Wildman–Crippen LogP) is 4.25. The number of para-hydroxylation sites is 1. The van der Waals surface area contributed by atoms with Gasteiger partial charge in [0.2, 0.25) is 0 Å². The first-order chi connectivity index (χ1) is 12.7. The number of nitrogens with one attached hydrogen (secondary N) is 1. The van der Waals surface area contributed by atoms with Gasteiger partial charge >= 0.3 is 0 Å². The number of carbonyl (C=O) groups excluding carboxylic acids is 1. The molecule has 0 radical (unpaired) electrons. The highest BCUT2D eigenvalue weighted by atomic mass is 16.1. The zero-order valence-electron chi connectivity index (χ0n) is 14.2. The topological polar surface area (TPSA) is 67.8 Å². The minimum Gasteiger partial charge on any atom is -0.320 e. The van der Waals surface area contributed by atoms with E-state index in [1.807, 2.05) is 67.6 Å². The molecule has 0 unspecified atom stereocenters. The summed E-state index contributed by atoms with van der Waals surface area (Å²) in [5.74, 6) is 0.353. The van der Waals surface area contributed by atoms with Crippen LogP contribution in [0.25, 0.3) is 22.3 Å². The number of hydrogen-bond acceptors (Lipinski definition) is 4. The summed E-state index contributed by atoms with van der Waals surface area (Å²) in [5, 5.41) is 3.89. The van der Waals surface area contributed by atoms with Crippen molar-refractivity contribution in [2.45, 2.75) is 6.92 Å². The van der Waals surface area contributed by atoms with E-state index in [4.69, 9.17) is 0 Å². The van der Waals surface area contributed by atoms with Crippen LogP contribution in [0.5, 0.6) is 0 Å². The van der Waals surface area contributed by atoms with Crippen molar-refractivity contribution in [2.24, 2.45) is 0 Å². The van der Waals surface area contributed by atoms with Gasteiger partial charge in [-0.2, -0.15) is 0 Å². The van der Waals surface area contributed by atoms with E-state index >= 15 is 0 Å². The molecule has 5 nitrogen and oxygen atoms in total. The Bertz CT molecular complexity index is 1090. The highest BCUT2D eigenvalue weighted by molar-refractivity contribution is 6.08. The molecular weight excluding hydrogens is 324 g/mol. The van der Waals surface area contributed by atoms with Gasteiger partial charge < -0.3 is 5.32 Å². The summed E-state index contributed by atoms with van der Waals surface area (Å²) in [6.07, 6.45) is 3.28. The van der Waals surface area contributed by atoms with Gasteiger partial charge in [-0.15, -0.1) is 0 Å². The number of pyridine rings is 1. The van der Waals surface area contributed by atoms with Gasteiger partial charge in [0.15, 0.2) is 5.82 Å². The van der Waals surface area contributed by atoms with Crippen LogP contribution in [0.2, 0.25) is 0 Å². The highest BCUT2D eigenvalue weighted by Crippen LogP contribution is 2.22. The zero-order valence-corrected chi connectivity index (χ0v) is 14.2. The fraction of sp³-hybridized carbons (Fsp3) is 0.0476. The first-order valence-electron chi connectivity index (χ1n) is 8.26. The molecule has 0 atom stereocenters. The van der Waals surface area contributed by atoms with Gasteiger partial charge in [0, 0.05) is 23.3 Å². The Morgan fingerprint density at radius 2 is 1.73 bits per heavy atom. The molecule has 0 bridgehead atoms. The van der Waals surface area contributed by atoms with Crippen LogP contribution in [-0.4, -0.2) is 20.9 Å². The van der Waals surface area contributed by atoms with Crippen molar-refractivity contribution in [3.8, 4) is 11.4 Å². The summed E-state index contributed by atoms with van der Waals surface area (Å²) in [6, 6.07) is 19.2. The van der Waals surface area contributed by atoms with Crippen LogP contribution in [0.4, 0.5) is 5.69 Å². The summed E-state index contributed by atoms with van der Waals surface area (Å²) in [5.41, 5.74) is 3.41. The minimum atomic E-state index is -0.250. The molecule has 0 aliphatic heterocycles. The van der Waals surface area contributed by atoms with Crippen LogP contribution in [0, 0.1) is 6.92 Å². The number of rotatable bonds is 3. The maximum absolute atomic E-state index is 12.7. The van der Waals surface area contributed by atoms with Crippen molar-refractivity contribution in [1.82, 2.24) is 15.0 Å². The van der Waals surface area contributed by atoms with Gasteiger partial charge in [0.25, 0.3) is 5.91 Å². The summed E-state index contributed by atoms with van der Waals surface area (Å²) in [7, 11) is 0. The molecule has 0 saturated carbocycles. The number of amides is 1. The van der Waals surface area contributed by atoms with E-state index in [9.17, 15) is 4.79 Å². The van der Waals surface area contributed by atoms with Crippen LogP contribution < -0.4 is 5.32 Å². The third-order valence-corrected chi connectivity index (χ3v) is 4.14. The van der Waals surface area contributed by atoms with Crippen molar-refractivity contribution in [3.05, 3.63) is 84.3 Å². The molecule has 0 fully saturated rings. The molecule has 4 rings (SSSR count). The first-order valence-corrected chi connectivity index (χ1v) is 8.26. The van der Waals surface area contributed by atoms with Gasteiger partial charge in [0.1, 0.15) is 0 Å². The molecule has 2 aromatic heterocycles. The molecule has 5 heteroatoms. The van der Waals surface area contributed by atoms with Gasteiger partial charge in [-0.25, -0.2) is 9.97 Å². The van der Waals surface area contributed by atoms with E-state index in [0.29, 0.717) is 22.8 Å². The Labute approximate surface area is 150 Å². The Kier molecular flexibility index (Phi) is 4.11. The summed E-state index contributed by atoms with van der Waals surface area (Å²) in [6.45, 7) is 1.81. The van der Waals surface area contributed by atoms with E-state index in [1.54, 1.807) is 12.4 Å². The van der Waals surface area contributed by atoms with E-state index in [1.165, 1.54) is 0 Å². The zero-order chi connectivity index (χ0) is 17.9. The Balaban J connectivity index is 1.64. The number of fused-ring (bicyclic) bond motifs is 1. The molecule has 0 spiro atoms. The largest absolute Gasteiger partial charge is 0.320 e. The Morgan fingerprint density at radius 3 is 2.54 bits per heavy atom. The standard InChI is InChI=1S/C21H16N4O/c1-14-17(13-23-20(24-14)16-7-3-2-4-8-16)21(26)25-18-11-5-9-15-10-6-12-22-19(15)18/h2-13H,1H3,(H,25,26). The van der Waals surface area contributed by atoms with Crippen LogP contribution in [0.3, 0.4) is 0 Å². The third-order valence-electron chi connectivity index (χ3n) is 4.14. The van der Waals surface area contributed by atoms with Crippen molar-refractivity contribution >= 4 is 22.5 Å². The summed E-state index contributed by atoms with van der Waals surface area (Å²) in [4.78, 5) is 25.9. The van der Waals surface area contributed by atoms with Crippen LogP contribution in [-0.2, 0) is 0 Å². The van der Waals surface area contributed by atoms with Crippen LogP contribution in [0.15, 0.2) is 73.1 Å². The maximum atomic E-state index is 12.7. The number of carbonyl (C=O) groups is 1. The number of nitrogens with zero attached hydrogens (tertiary/aromatic N) is 3. The summed E-state index contributed by atoms with van der Waals surface area (Å²) >= 11 is 0. The maximum Gasteiger partial charge on any atom is 0.259 e. The average Bonchev–Trinajstić information content (AvgIpc) is 2.69. The van der Waals surface area contributed by atoms with Crippen molar-refractivity contribution in [2.75, 3.05) is 5.32 Å². The van der Waals surface area contributed by atoms with Gasteiger partial charge in [-0.05, 0) is 19.1 Å². The predicted molar refractivity (Wildman–Crippen MR) is 102 cm³/mol. The smallest absolute Gasteiger partial charge is 0.259 e. The Hall–Kier alpha value is -3.60. The normalized spacial score (nSPS) is 10.7. The Morgan fingerprint density at radius 1 is 0.923 bits per heavy atom. The molecule has 1 N–H and O–H groups in total. The minimum absolute atomic E-state index is 0.250. The molecule has 2 aromatic carbocycles. The third kappa shape index (κ3) is 3.02. The number of hydrogen-bond donors (Lipinski definition) is 1. The van der Waals surface area contributed by atoms with E-state index in [2.05, 4.69) is 20.3 Å². The lowest BCUT2D eigenvalue weighted by Crippen LogP contribution is -2.15. The lowest BCUT2D eigenvalue weighted by atomic mass is 10.1. The molecule has 0 saturated heterocycles. The molecule has 0 aliphatic rings. The first kappa shape index (κ1) is 15.9. The average molecular weight is 340 g/mol. The monoisotopic (exact) mass is 340 g/mol. The fourth-order valence-corrected chi connectivity index (χ4v) is 2.81. The van der Waals surface area contributed by atoms with E-state index in [0.717, 1.165) is 16.5 Å². The molecular formula is C21H16N4O. The molecule has 0 aliphatic carbocycles. The second kappa shape index (κ2) is 6.72. The van der Waals surface area contributed by atoms with Crippen molar-refractivity contribution in [3.63, 3.8) is 0 Å². The fourth-order valence-electron chi connectivity index (χ4n) is 2.81. The number of aryl methyl sites for hydroxylation is 1. The lowest BCUT2D eigenvalue weighted by Gasteiger charge is -2.10. The van der Waals surface area contributed by atoms with Crippen molar-refractivity contribution in [1.29, 1.82) is 0 Å². The highest BCUT2D eigenvalue weighted by Gasteiger charge is 2.14. The van der Waals surface area contributed by atoms with Crippen LogP contribution >= 0.6 is 0 Å². The summed E-state index contributed by atoms with van der Waals surface area (Å²) < 4.78 is 0. The number of aromatic nitrogens is 3. The molecule has 26 heavy (non-hydrogen) atoms. The molecule has 126 valence electrons.